The first-order valence-corrected chi connectivity index (χ1v) is 8.50. The molecule has 1 aliphatic rings. The predicted octanol–water partition coefficient (Wildman–Crippen LogP) is 3.33. The third-order valence-corrected chi connectivity index (χ3v) is 5.23. The summed E-state index contributed by atoms with van der Waals surface area (Å²) in [5, 5.41) is 0. The van der Waals surface area contributed by atoms with E-state index < -0.39 is 0 Å². The van der Waals surface area contributed by atoms with Crippen molar-refractivity contribution in [3.63, 3.8) is 0 Å². The van der Waals surface area contributed by atoms with Gasteiger partial charge in [0, 0.05) is 25.9 Å². The van der Waals surface area contributed by atoms with Gasteiger partial charge in [-0.1, -0.05) is 37.3 Å². The second kappa shape index (κ2) is 6.71. The third kappa shape index (κ3) is 3.73. The summed E-state index contributed by atoms with van der Waals surface area (Å²) >= 11 is 0. The van der Waals surface area contributed by atoms with Gasteiger partial charge in [-0.25, -0.2) is 0 Å². The number of nitrogens with zero attached hydrogens (tertiary/aromatic N) is 2. The van der Waals surface area contributed by atoms with Crippen LogP contribution in [0.4, 0.5) is 0 Å². The van der Waals surface area contributed by atoms with Crippen molar-refractivity contribution in [2.24, 2.45) is 7.05 Å². The van der Waals surface area contributed by atoms with E-state index in [2.05, 4.69) is 48.2 Å². The highest BCUT2D eigenvalue weighted by Gasteiger charge is 2.29. The molecule has 0 radical (unpaired) electrons. The number of rotatable bonds is 3. The molecule has 0 N–H and O–H groups in total. The Morgan fingerprint density at radius 2 is 1.87 bits per heavy atom. The van der Waals surface area contributed by atoms with Crippen molar-refractivity contribution in [3.05, 3.63) is 70.1 Å². The summed E-state index contributed by atoms with van der Waals surface area (Å²) in [6.07, 6.45) is 5.46. The largest absolute Gasteiger partial charge is 0.319 e. The highest BCUT2D eigenvalue weighted by molar-refractivity contribution is 5.24. The van der Waals surface area contributed by atoms with E-state index >= 15 is 0 Å². The van der Waals surface area contributed by atoms with Gasteiger partial charge in [0.2, 0.25) is 0 Å². The fourth-order valence-electron chi connectivity index (χ4n) is 3.57. The summed E-state index contributed by atoms with van der Waals surface area (Å²) in [4.78, 5) is 14.3. The van der Waals surface area contributed by atoms with Crippen LogP contribution in [0.2, 0.25) is 0 Å². The highest BCUT2D eigenvalue weighted by Crippen LogP contribution is 2.35. The zero-order chi connectivity index (χ0) is 16.3. The van der Waals surface area contributed by atoms with E-state index in [1.165, 1.54) is 24.8 Å². The van der Waals surface area contributed by atoms with E-state index in [1.807, 2.05) is 6.20 Å². The number of likely N-dealkylation sites (tertiary alicyclic amines) is 1. The number of hydrogen-bond donors (Lipinski definition) is 0. The number of pyridine rings is 1. The molecule has 0 bridgehead atoms. The Hall–Kier alpha value is -1.87. The SMILES string of the molecule is Cn1ccc(CN2CCCC(C)(c3ccccc3)CC2)cc1=O. The molecule has 1 aliphatic heterocycles. The minimum Gasteiger partial charge on any atom is -0.319 e. The Morgan fingerprint density at radius 3 is 2.61 bits per heavy atom. The van der Waals surface area contributed by atoms with E-state index in [0.717, 1.165) is 25.2 Å². The molecule has 0 saturated carbocycles. The average molecular weight is 310 g/mol. The molecule has 1 unspecified atom stereocenters. The molecule has 1 aromatic heterocycles. The Labute approximate surface area is 138 Å². The smallest absolute Gasteiger partial charge is 0.250 e. The van der Waals surface area contributed by atoms with Crippen LogP contribution < -0.4 is 5.56 Å². The van der Waals surface area contributed by atoms with E-state index in [4.69, 9.17) is 0 Å². The molecule has 2 aromatic rings. The summed E-state index contributed by atoms with van der Waals surface area (Å²) in [6, 6.07) is 14.7. The van der Waals surface area contributed by atoms with Crippen LogP contribution in [0.25, 0.3) is 0 Å². The zero-order valence-corrected chi connectivity index (χ0v) is 14.2. The molecule has 1 fully saturated rings. The minimum absolute atomic E-state index is 0.0754. The van der Waals surface area contributed by atoms with Gasteiger partial charge in [0.25, 0.3) is 5.56 Å². The number of aryl methyl sites for hydroxylation is 1. The van der Waals surface area contributed by atoms with Gasteiger partial charge in [-0.3, -0.25) is 9.69 Å². The van der Waals surface area contributed by atoms with Crippen molar-refractivity contribution in [2.75, 3.05) is 13.1 Å². The number of benzene rings is 1. The summed E-state index contributed by atoms with van der Waals surface area (Å²) in [5.41, 5.74) is 2.92. The molecule has 1 saturated heterocycles. The van der Waals surface area contributed by atoms with Crippen LogP contribution in [0.5, 0.6) is 0 Å². The van der Waals surface area contributed by atoms with E-state index in [0.29, 0.717) is 0 Å². The molecule has 23 heavy (non-hydrogen) atoms. The normalized spacial score (nSPS) is 22.7. The van der Waals surface area contributed by atoms with Gasteiger partial charge in [0.05, 0.1) is 0 Å². The van der Waals surface area contributed by atoms with Gasteiger partial charge in [0.15, 0.2) is 0 Å². The molecule has 0 aliphatic carbocycles. The maximum atomic E-state index is 11.8. The van der Waals surface area contributed by atoms with Crippen LogP contribution >= 0.6 is 0 Å². The molecule has 122 valence electrons. The van der Waals surface area contributed by atoms with Crippen molar-refractivity contribution >= 4 is 0 Å². The maximum absolute atomic E-state index is 11.8. The average Bonchev–Trinajstić information content (AvgIpc) is 2.75. The second-order valence-electron chi connectivity index (χ2n) is 7.04. The molecule has 3 heteroatoms. The molecular formula is C20H26N2O. The van der Waals surface area contributed by atoms with Crippen LogP contribution in [0, 0.1) is 0 Å². The quantitative estimate of drug-likeness (QED) is 0.869. The second-order valence-corrected chi connectivity index (χ2v) is 7.04. The Balaban J connectivity index is 1.69. The van der Waals surface area contributed by atoms with Crippen LogP contribution in [0.1, 0.15) is 37.3 Å². The van der Waals surface area contributed by atoms with Gasteiger partial charge >= 0.3 is 0 Å². The number of hydrogen-bond acceptors (Lipinski definition) is 2. The first-order chi connectivity index (χ1) is 11.1. The first-order valence-electron chi connectivity index (χ1n) is 8.50. The predicted molar refractivity (Wildman–Crippen MR) is 94.6 cm³/mol. The van der Waals surface area contributed by atoms with Crippen LogP contribution in [-0.2, 0) is 19.0 Å². The van der Waals surface area contributed by atoms with Crippen molar-refractivity contribution < 1.29 is 0 Å². The molecule has 3 nitrogen and oxygen atoms in total. The van der Waals surface area contributed by atoms with Crippen LogP contribution in [-0.4, -0.2) is 22.6 Å². The Kier molecular flexibility index (Phi) is 4.67. The lowest BCUT2D eigenvalue weighted by atomic mass is 9.76. The minimum atomic E-state index is 0.0754. The van der Waals surface area contributed by atoms with Gasteiger partial charge in [-0.2, -0.15) is 0 Å². The van der Waals surface area contributed by atoms with Gasteiger partial charge < -0.3 is 4.57 Å². The highest BCUT2D eigenvalue weighted by atomic mass is 16.1. The lowest BCUT2D eigenvalue weighted by Crippen LogP contribution is -2.28. The summed E-state index contributed by atoms with van der Waals surface area (Å²) in [7, 11) is 1.79. The standard InChI is InChI=1S/C20H26N2O/c1-20(18-7-4-3-5-8-18)10-6-12-22(14-11-20)16-17-9-13-21(2)19(23)15-17/h3-5,7-9,13,15H,6,10-12,14,16H2,1-2H3. The topological polar surface area (TPSA) is 25.2 Å². The molecule has 0 spiro atoms. The van der Waals surface area contributed by atoms with E-state index in [9.17, 15) is 4.79 Å². The fraction of sp³-hybridized carbons (Fsp3) is 0.450. The molecule has 1 atom stereocenters. The van der Waals surface area contributed by atoms with Gasteiger partial charge in [-0.05, 0) is 55.0 Å². The van der Waals surface area contributed by atoms with Gasteiger partial charge in [0.1, 0.15) is 0 Å². The van der Waals surface area contributed by atoms with E-state index in [1.54, 1.807) is 17.7 Å². The lowest BCUT2D eigenvalue weighted by molar-refractivity contribution is 0.269. The summed E-state index contributed by atoms with van der Waals surface area (Å²) < 4.78 is 1.62. The van der Waals surface area contributed by atoms with Crippen LogP contribution in [0.15, 0.2) is 53.5 Å². The van der Waals surface area contributed by atoms with Crippen molar-refractivity contribution in [1.29, 1.82) is 0 Å². The van der Waals surface area contributed by atoms with Crippen molar-refractivity contribution in [1.82, 2.24) is 9.47 Å². The summed E-state index contributed by atoms with van der Waals surface area (Å²) in [5.74, 6) is 0. The molecule has 2 heterocycles. The molecule has 1 aromatic carbocycles. The third-order valence-electron chi connectivity index (χ3n) is 5.23. The Morgan fingerprint density at radius 1 is 1.09 bits per heavy atom. The van der Waals surface area contributed by atoms with Crippen molar-refractivity contribution in [3.8, 4) is 0 Å². The van der Waals surface area contributed by atoms with Crippen molar-refractivity contribution in [2.45, 2.75) is 38.1 Å². The maximum Gasteiger partial charge on any atom is 0.250 e. The fourth-order valence-corrected chi connectivity index (χ4v) is 3.57. The van der Waals surface area contributed by atoms with Gasteiger partial charge in [-0.15, -0.1) is 0 Å². The van der Waals surface area contributed by atoms with Crippen LogP contribution in [0.3, 0.4) is 0 Å². The monoisotopic (exact) mass is 310 g/mol. The number of aromatic nitrogens is 1. The Bertz CT molecular complexity index is 707. The van der Waals surface area contributed by atoms with E-state index in [-0.39, 0.29) is 11.0 Å². The first kappa shape index (κ1) is 16.0. The summed E-state index contributed by atoms with van der Waals surface area (Å²) in [6.45, 7) is 5.46. The molecule has 0 amide bonds. The molecular weight excluding hydrogens is 284 g/mol. The molecule has 3 rings (SSSR count). The lowest BCUT2D eigenvalue weighted by Gasteiger charge is -2.29. The zero-order valence-electron chi connectivity index (χ0n) is 14.2.